The Morgan fingerprint density at radius 1 is 0.532 bits per heavy atom. The predicted molar refractivity (Wildman–Crippen MR) is 256 cm³/mol. The second kappa shape index (κ2) is 43.9. The maximum atomic E-state index is 12.7. The molecule has 9 heteroatoms. The Bertz CT molecular complexity index is 1180. The van der Waals surface area contributed by atoms with Gasteiger partial charge in [-0.1, -0.05) is 196 Å². The second-order valence-corrected chi connectivity index (χ2v) is 16.9. The molecule has 4 N–H and O–H groups in total. The molecule has 1 fully saturated rings. The van der Waals surface area contributed by atoms with Crippen LogP contribution in [0.4, 0.5) is 0 Å². The van der Waals surface area contributed by atoms with Crippen molar-refractivity contribution in [1.82, 2.24) is 0 Å². The van der Waals surface area contributed by atoms with Crippen LogP contribution in [0.15, 0.2) is 72.9 Å². The summed E-state index contributed by atoms with van der Waals surface area (Å²) >= 11 is 0. The molecule has 0 aromatic carbocycles. The van der Waals surface area contributed by atoms with Gasteiger partial charge in [0.15, 0.2) is 6.29 Å². The van der Waals surface area contributed by atoms with Crippen molar-refractivity contribution in [2.45, 2.75) is 230 Å². The molecule has 0 aromatic heterocycles. The van der Waals surface area contributed by atoms with Gasteiger partial charge in [0.25, 0.3) is 0 Å². The Kier molecular flexibility index (Phi) is 40.8. The molecule has 1 saturated heterocycles. The number of hydrogen-bond donors (Lipinski definition) is 4. The van der Waals surface area contributed by atoms with Crippen LogP contribution in [0, 0.1) is 0 Å². The maximum Gasteiger partial charge on any atom is 0.310 e. The molecule has 0 aliphatic carbocycles. The summed E-state index contributed by atoms with van der Waals surface area (Å²) < 4.78 is 22.7. The number of aliphatic hydroxyl groups is 4. The first kappa shape index (κ1) is 57.6. The highest BCUT2D eigenvalue weighted by atomic mass is 16.7. The van der Waals surface area contributed by atoms with Crippen molar-refractivity contribution in [3.8, 4) is 0 Å². The number of carbonyl (C=O) groups excluding carboxylic acids is 1. The van der Waals surface area contributed by atoms with Crippen LogP contribution in [-0.2, 0) is 23.7 Å². The zero-order valence-electron chi connectivity index (χ0n) is 39.3. The van der Waals surface area contributed by atoms with Crippen molar-refractivity contribution in [3.05, 3.63) is 72.9 Å². The van der Waals surface area contributed by atoms with Crippen molar-refractivity contribution in [1.29, 1.82) is 0 Å². The molecule has 1 aliphatic rings. The summed E-state index contributed by atoms with van der Waals surface area (Å²) in [4.78, 5) is 12.7. The molecule has 62 heavy (non-hydrogen) atoms. The highest BCUT2D eigenvalue weighted by Gasteiger charge is 2.44. The standard InChI is InChI=1S/C53H92O9/c1-3-5-7-9-11-13-15-17-19-20-21-22-23-24-25-26-27-29-31-33-35-37-39-41-43-59-45-47(46-60-53-52(58)51(57)50(56)48(44-54)62-53)61-49(55)42-40-38-36-34-32-30-28-18-16-14-12-10-8-6-4-2/h6,8,12,14,18,20-21,28,32,34,38,40,47-48,50-54,56-58H,3-5,7,9-11,13,15-17,19,22-27,29-31,33,35-37,39,41-46H2,1-2H3/b8-6-,14-12-,21-20-,28-18-,34-32-,40-38-. The van der Waals surface area contributed by atoms with Crippen LogP contribution in [0.5, 0.6) is 0 Å². The molecule has 0 radical (unpaired) electrons. The number of carbonyl (C=O) groups is 1. The Labute approximate surface area is 378 Å². The molecule has 358 valence electrons. The molecular formula is C53H92O9. The SMILES string of the molecule is CC/C=C\C/C=C\C/C=C\C/C=C\C/C=C\CC(=O)OC(COCCCCCCCCCCCCCC/C=C\CCCCCCCCCC)COC1OC(CO)C(O)C(O)C1O. The van der Waals surface area contributed by atoms with Gasteiger partial charge in [-0.2, -0.15) is 0 Å². The minimum atomic E-state index is -1.56. The normalized spacial score (nSPS) is 20.4. The molecule has 0 spiro atoms. The molecule has 9 nitrogen and oxygen atoms in total. The zero-order chi connectivity index (χ0) is 45.0. The Morgan fingerprint density at radius 2 is 0.984 bits per heavy atom. The van der Waals surface area contributed by atoms with E-state index in [4.69, 9.17) is 18.9 Å². The van der Waals surface area contributed by atoms with Gasteiger partial charge in [0, 0.05) is 6.61 Å². The first-order valence-electron chi connectivity index (χ1n) is 25.0. The van der Waals surface area contributed by atoms with Gasteiger partial charge in [0.1, 0.15) is 30.5 Å². The van der Waals surface area contributed by atoms with Gasteiger partial charge in [0.2, 0.25) is 0 Å². The molecule has 0 bridgehead atoms. The van der Waals surface area contributed by atoms with E-state index in [1.807, 2.05) is 6.08 Å². The number of ether oxygens (including phenoxy) is 4. The molecule has 6 unspecified atom stereocenters. The van der Waals surface area contributed by atoms with Crippen molar-refractivity contribution in [2.24, 2.45) is 0 Å². The lowest BCUT2D eigenvalue weighted by Crippen LogP contribution is -2.59. The molecule has 1 heterocycles. The predicted octanol–water partition coefficient (Wildman–Crippen LogP) is 12.0. The third-order valence-electron chi connectivity index (χ3n) is 11.1. The van der Waals surface area contributed by atoms with Crippen LogP contribution in [0.3, 0.4) is 0 Å². The third-order valence-corrected chi connectivity index (χ3v) is 11.1. The summed E-state index contributed by atoms with van der Waals surface area (Å²) in [5, 5.41) is 40.2. The first-order valence-corrected chi connectivity index (χ1v) is 25.0. The van der Waals surface area contributed by atoms with Gasteiger partial charge in [-0.3, -0.25) is 4.79 Å². The lowest BCUT2D eigenvalue weighted by molar-refractivity contribution is -0.305. The molecule has 1 aliphatic heterocycles. The monoisotopic (exact) mass is 873 g/mol. The summed E-state index contributed by atoms with van der Waals surface area (Å²) in [5.41, 5.74) is 0. The van der Waals surface area contributed by atoms with Gasteiger partial charge in [0.05, 0.1) is 26.2 Å². The third kappa shape index (κ3) is 34.1. The summed E-state index contributed by atoms with van der Waals surface area (Å²) in [5.74, 6) is -0.440. The molecule has 0 saturated carbocycles. The lowest BCUT2D eigenvalue weighted by atomic mass is 9.99. The van der Waals surface area contributed by atoms with Crippen LogP contribution >= 0.6 is 0 Å². The Balaban J connectivity index is 2.23. The van der Waals surface area contributed by atoms with E-state index in [1.54, 1.807) is 6.08 Å². The minimum absolute atomic E-state index is 0.0847. The topological polar surface area (TPSA) is 135 Å². The fraction of sp³-hybridized carbons (Fsp3) is 0.755. The van der Waals surface area contributed by atoms with Gasteiger partial charge < -0.3 is 39.4 Å². The quantitative estimate of drug-likeness (QED) is 0.0269. The average molecular weight is 873 g/mol. The molecule has 1 rings (SSSR count). The van der Waals surface area contributed by atoms with Crippen molar-refractivity contribution >= 4 is 5.97 Å². The minimum Gasteiger partial charge on any atom is -0.457 e. The highest BCUT2D eigenvalue weighted by Crippen LogP contribution is 2.22. The zero-order valence-corrected chi connectivity index (χ0v) is 39.3. The van der Waals surface area contributed by atoms with E-state index in [0.29, 0.717) is 13.0 Å². The maximum absolute atomic E-state index is 12.7. The van der Waals surface area contributed by atoms with Crippen molar-refractivity contribution in [3.63, 3.8) is 0 Å². The number of unbranched alkanes of at least 4 members (excludes halogenated alkanes) is 20. The van der Waals surface area contributed by atoms with E-state index < -0.39 is 49.4 Å². The molecular weight excluding hydrogens is 781 g/mol. The molecule has 0 aromatic rings. The van der Waals surface area contributed by atoms with Crippen LogP contribution in [0.1, 0.15) is 194 Å². The van der Waals surface area contributed by atoms with Crippen molar-refractivity contribution in [2.75, 3.05) is 26.4 Å². The van der Waals surface area contributed by atoms with Gasteiger partial charge in [-0.25, -0.2) is 0 Å². The number of rotatable bonds is 42. The molecule has 0 amide bonds. The van der Waals surface area contributed by atoms with Gasteiger partial charge in [-0.05, 0) is 64.2 Å². The smallest absolute Gasteiger partial charge is 0.310 e. The number of hydrogen-bond acceptors (Lipinski definition) is 9. The first-order chi connectivity index (χ1) is 30.4. The summed E-state index contributed by atoms with van der Waals surface area (Å²) in [6.07, 6.45) is 51.2. The Morgan fingerprint density at radius 3 is 1.47 bits per heavy atom. The Hall–Kier alpha value is -2.37. The second-order valence-electron chi connectivity index (χ2n) is 16.9. The van der Waals surface area contributed by atoms with E-state index >= 15 is 0 Å². The van der Waals surface area contributed by atoms with Crippen LogP contribution in [-0.4, -0.2) is 89.6 Å². The van der Waals surface area contributed by atoms with Gasteiger partial charge >= 0.3 is 5.97 Å². The van der Waals surface area contributed by atoms with Gasteiger partial charge in [-0.15, -0.1) is 0 Å². The van der Waals surface area contributed by atoms with E-state index in [0.717, 1.165) is 38.5 Å². The van der Waals surface area contributed by atoms with Crippen LogP contribution < -0.4 is 0 Å². The fourth-order valence-corrected chi connectivity index (χ4v) is 7.27. The van der Waals surface area contributed by atoms with E-state index in [1.165, 1.54) is 128 Å². The average Bonchev–Trinajstić information content (AvgIpc) is 3.27. The highest BCUT2D eigenvalue weighted by molar-refractivity contribution is 5.71. The van der Waals surface area contributed by atoms with Crippen molar-refractivity contribution < 1.29 is 44.2 Å². The fourth-order valence-electron chi connectivity index (χ4n) is 7.27. The van der Waals surface area contributed by atoms with Crippen LogP contribution in [0.25, 0.3) is 0 Å². The summed E-state index contributed by atoms with van der Waals surface area (Å²) in [6.45, 7) is 4.33. The number of allylic oxidation sites excluding steroid dienone is 11. The largest absolute Gasteiger partial charge is 0.457 e. The summed E-state index contributed by atoms with van der Waals surface area (Å²) in [6, 6.07) is 0. The number of esters is 1. The summed E-state index contributed by atoms with van der Waals surface area (Å²) in [7, 11) is 0. The van der Waals surface area contributed by atoms with Crippen LogP contribution in [0.2, 0.25) is 0 Å². The van der Waals surface area contributed by atoms with E-state index in [-0.39, 0.29) is 19.6 Å². The number of aliphatic hydroxyl groups excluding tert-OH is 4. The molecule has 6 atom stereocenters. The lowest BCUT2D eigenvalue weighted by Gasteiger charge is -2.39. The van der Waals surface area contributed by atoms with E-state index in [9.17, 15) is 25.2 Å². The van der Waals surface area contributed by atoms with E-state index in [2.05, 4.69) is 74.6 Å².